The smallest absolute Gasteiger partial charge is 0.231 e. The van der Waals surface area contributed by atoms with Crippen LogP contribution in [0.15, 0.2) is 54.7 Å². The van der Waals surface area contributed by atoms with Gasteiger partial charge in [0.1, 0.15) is 5.82 Å². The van der Waals surface area contributed by atoms with Crippen molar-refractivity contribution in [3.8, 4) is 0 Å². The minimum atomic E-state index is -0.115. The first-order chi connectivity index (χ1) is 10.2. The molecule has 0 radical (unpaired) electrons. The first-order valence-corrected chi connectivity index (χ1v) is 6.78. The number of hydrogen-bond acceptors (Lipinski definition) is 3. The van der Waals surface area contributed by atoms with E-state index in [4.69, 9.17) is 0 Å². The minimum Gasteiger partial charge on any atom is -0.310 e. The van der Waals surface area contributed by atoms with Gasteiger partial charge >= 0.3 is 0 Å². The normalized spacial score (nSPS) is 10.5. The predicted octanol–water partition coefficient (Wildman–Crippen LogP) is 3.12. The maximum atomic E-state index is 12.0. The Bertz CT molecular complexity index is 799. The lowest BCUT2D eigenvalue weighted by atomic mass is 10.2. The van der Waals surface area contributed by atoms with Crippen LogP contribution >= 0.6 is 0 Å². The quantitative estimate of drug-likeness (QED) is 0.800. The predicted molar refractivity (Wildman–Crippen MR) is 83.1 cm³/mol. The van der Waals surface area contributed by atoms with Crippen LogP contribution in [0.25, 0.3) is 10.9 Å². The maximum Gasteiger partial charge on any atom is 0.231 e. The van der Waals surface area contributed by atoms with Gasteiger partial charge in [0, 0.05) is 11.6 Å². The molecule has 3 rings (SSSR count). The minimum absolute atomic E-state index is 0.115. The lowest BCUT2D eigenvalue weighted by molar-refractivity contribution is -0.115. The fourth-order valence-corrected chi connectivity index (χ4v) is 2.16. The average molecular weight is 277 g/mol. The van der Waals surface area contributed by atoms with Crippen LogP contribution in [0.4, 0.5) is 5.82 Å². The highest BCUT2D eigenvalue weighted by Gasteiger charge is 2.07. The van der Waals surface area contributed by atoms with Gasteiger partial charge in [-0.3, -0.25) is 9.78 Å². The summed E-state index contributed by atoms with van der Waals surface area (Å²) in [4.78, 5) is 20.7. The molecule has 0 aliphatic rings. The Balaban J connectivity index is 1.74. The van der Waals surface area contributed by atoms with E-state index < -0.39 is 0 Å². The Morgan fingerprint density at radius 2 is 2.00 bits per heavy atom. The summed E-state index contributed by atoms with van der Waals surface area (Å²) in [6, 6.07) is 15.4. The highest BCUT2D eigenvalue weighted by atomic mass is 16.1. The van der Waals surface area contributed by atoms with E-state index >= 15 is 0 Å². The number of nitrogens with one attached hydrogen (secondary N) is 1. The zero-order valence-electron chi connectivity index (χ0n) is 11.7. The van der Waals surface area contributed by atoms with Crippen molar-refractivity contribution < 1.29 is 4.79 Å². The number of amides is 1. The van der Waals surface area contributed by atoms with Crippen LogP contribution in [0.2, 0.25) is 0 Å². The van der Waals surface area contributed by atoms with Crippen LogP contribution in [0.5, 0.6) is 0 Å². The van der Waals surface area contributed by atoms with Gasteiger partial charge in [-0.2, -0.15) is 0 Å². The number of aromatic nitrogens is 2. The van der Waals surface area contributed by atoms with Gasteiger partial charge in [-0.15, -0.1) is 0 Å². The topological polar surface area (TPSA) is 54.9 Å². The van der Waals surface area contributed by atoms with Crippen LogP contribution < -0.4 is 5.32 Å². The standard InChI is InChI=1S/C17H15N3O/c1-12-8-9-18-16(10-12)20-17(21)11-14-7-6-13-4-2-3-5-15(13)19-14/h2-10H,11H2,1H3,(H,18,20,21). The molecule has 2 heterocycles. The Morgan fingerprint density at radius 1 is 1.14 bits per heavy atom. The average Bonchev–Trinajstić information content (AvgIpc) is 2.47. The Labute approximate surface area is 122 Å². The van der Waals surface area contributed by atoms with E-state index in [0.29, 0.717) is 5.82 Å². The second-order valence-corrected chi connectivity index (χ2v) is 4.94. The molecule has 0 bridgehead atoms. The second kappa shape index (κ2) is 5.71. The molecule has 3 aromatic rings. The third-order valence-electron chi connectivity index (χ3n) is 3.18. The first kappa shape index (κ1) is 13.2. The van der Waals surface area contributed by atoms with Crippen LogP contribution in [0.3, 0.4) is 0 Å². The second-order valence-electron chi connectivity index (χ2n) is 4.94. The van der Waals surface area contributed by atoms with Crippen molar-refractivity contribution in [1.82, 2.24) is 9.97 Å². The number of nitrogens with zero attached hydrogens (tertiary/aromatic N) is 2. The number of pyridine rings is 2. The van der Waals surface area contributed by atoms with E-state index in [1.165, 1.54) is 0 Å². The Kier molecular flexibility index (Phi) is 3.60. The van der Waals surface area contributed by atoms with E-state index in [1.54, 1.807) is 6.20 Å². The van der Waals surface area contributed by atoms with E-state index in [-0.39, 0.29) is 12.3 Å². The zero-order valence-corrected chi connectivity index (χ0v) is 11.7. The van der Waals surface area contributed by atoms with Crippen LogP contribution in [0.1, 0.15) is 11.3 Å². The fourth-order valence-electron chi connectivity index (χ4n) is 2.16. The van der Waals surface area contributed by atoms with Crippen molar-refractivity contribution in [2.75, 3.05) is 5.32 Å². The van der Waals surface area contributed by atoms with E-state index in [1.807, 2.05) is 55.5 Å². The van der Waals surface area contributed by atoms with Crippen LogP contribution in [-0.2, 0) is 11.2 Å². The summed E-state index contributed by atoms with van der Waals surface area (Å²) in [6.45, 7) is 1.96. The molecule has 0 spiro atoms. The van der Waals surface area contributed by atoms with Crippen molar-refractivity contribution in [2.24, 2.45) is 0 Å². The number of benzene rings is 1. The first-order valence-electron chi connectivity index (χ1n) is 6.78. The number of para-hydroxylation sites is 1. The van der Waals surface area contributed by atoms with Gasteiger partial charge in [0.25, 0.3) is 0 Å². The molecule has 0 aliphatic heterocycles. The largest absolute Gasteiger partial charge is 0.310 e. The fraction of sp³-hybridized carbons (Fsp3) is 0.118. The molecule has 0 saturated heterocycles. The van der Waals surface area contributed by atoms with Crippen molar-refractivity contribution in [2.45, 2.75) is 13.3 Å². The van der Waals surface area contributed by atoms with Gasteiger partial charge in [-0.05, 0) is 36.8 Å². The molecule has 0 fully saturated rings. The van der Waals surface area contributed by atoms with Gasteiger partial charge in [-0.25, -0.2) is 4.98 Å². The molecule has 0 saturated carbocycles. The summed E-state index contributed by atoms with van der Waals surface area (Å²) >= 11 is 0. The number of rotatable bonds is 3. The molecule has 104 valence electrons. The molecule has 1 aromatic carbocycles. The summed E-state index contributed by atoms with van der Waals surface area (Å²) in [7, 11) is 0. The number of hydrogen-bond donors (Lipinski definition) is 1. The summed E-state index contributed by atoms with van der Waals surface area (Å²) in [5.41, 5.74) is 2.71. The van der Waals surface area contributed by atoms with Gasteiger partial charge < -0.3 is 5.32 Å². The molecule has 0 unspecified atom stereocenters. The SMILES string of the molecule is Cc1ccnc(NC(=O)Cc2ccc3ccccc3n2)c1. The Morgan fingerprint density at radius 3 is 2.86 bits per heavy atom. The third-order valence-corrected chi connectivity index (χ3v) is 3.18. The van der Waals surface area contributed by atoms with Crippen molar-refractivity contribution in [1.29, 1.82) is 0 Å². The summed E-state index contributed by atoms with van der Waals surface area (Å²) in [5.74, 6) is 0.455. The number of fused-ring (bicyclic) bond motifs is 1. The molecule has 0 atom stereocenters. The van der Waals surface area contributed by atoms with Gasteiger partial charge in [0.05, 0.1) is 17.6 Å². The van der Waals surface area contributed by atoms with Crippen molar-refractivity contribution >= 4 is 22.6 Å². The highest BCUT2D eigenvalue weighted by molar-refractivity contribution is 5.91. The van der Waals surface area contributed by atoms with Gasteiger partial charge in [0.2, 0.25) is 5.91 Å². The van der Waals surface area contributed by atoms with E-state index in [0.717, 1.165) is 22.2 Å². The molecule has 21 heavy (non-hydrogen) atoms. The van der Waals surface area contributed by atoms with Gasteiger partial charge in [-0.1, -0.05) is 24.3 Å². The van der Waals surface area contributed by atoms with Crippen molar-refractivity contribution in [3.63, 3.8) is 0 Å². The third kappa shape index (κ3) is 3.23. The number of aryl methyl sites for hydroxylation is 1. The molecule has 1 N–H and O–H groups in total. The summed E-state index contributed by atoms with van der Waals surface area (Å²) in [6.07, 6.45) is 1.92. The zero-order chi connectivity index (χ0) is 14.7. The summed E-state index contributed by atoms with van der Waals surface area (Å²) < 4.78 is 0. The van der Waals surface area contributed by atoms with E-state index in [9.17, 15) is 4.79 Å². The van der Waals surface area contributed by atoms with Crippen LogP contribution in [0, 0.1) is 6.92 Å². The monoisotopic (exact) mass is 277 g/mol. The highest BCUT2D eigenvalue weighted by Crippen LogP contribution is 2.12. The number of carbonyl (C=O) groups excluding carboxylic acids is 1. The summed E-state index contributed by atoms with van der Waals surface area (Å²) in [5, 5.41) is 3.86. The molecule has 0 aliphatic carbocycles. The molecular formula is C17H15N3O. The molecule has 4 nitrogen and oxygen atoms in total. The molecule has 1 amide bonds. The van der Waals surface area contributed by atoms with Gasteiger partial charge in [0.15, 0.2) is 0 Å². The number of carbonyl (C=O) groups is 1. The molecule has 2 aromatic heterocycles. The molecular weight excluding hydrogens is 262 g/mol. The Hall–Kier alpha value is -2.75. The lowest BCUT2D eigenvalue weighted by Gasteiger charge is -2.05. The van der Waals surface area contributed by atoms with Crippen molar-refractivity contribution in [3.05, 3.63) is 66.0 Å². The maximum absolute atomic E-state index is 12.0. The lowest BCUT2D eigenvalue weighted by Crippen LogP contribution is -2.16. The number of anilines is 1. The van der Waals surface area contributed by atoms with Crippen LogP contribution in [-0.4, -0.2) is 15.9 Å². The van der Waals surface area contributed by atoms with E-state index in [2.05, 4.69) is 15.3 Å². The molecule has 4 heteroatoms.